The predicted octanol–water partition coefficient (Wildman–Crippen LogP) is 2.17. The van der Waals surface area contributed by atoms with E-state index in [1.165, 1.54) is 5.56 Å². The number of hydrogen-bond donors (Lipinski definition) is 1. The van der Waals surface area contributed by atoms with Gasteiger partial charge in [0.25, 0.3) is 0 Å². The van der Waals surface area contributed by atoms with Crippen molar-refractivity contribution < 1.29 is 9.84 Å². The Morgan fingerprint density at radius 1 is 1.53 bits per heavy atom. The van der Waals surface area contributed by atoms with E-state index in [0.29, 0.717) is 6.61 Å². The van der Waals surface area contributed by atoms with E-state index in [0.717, 1.165) is 17.7 Å². The first-order valence-electron chi connectivity index (χ1n) is 5.22. The highest BCUT2D eigenvalue weighted by atomic mass is 16.5. The molecule has 0 aromatic heterocycles. The van der Waals surface area contributed by atoms with Crippen LogP contribution >= 0.6 is 0 Å². The molecule has 80 valence electrons. The zero-order valence-corrected chi connectivity index (χ0v) is 8.94. The monoisotopic (exact) mass is 204 g/mol. The molecule has 2 atom stereocenters. The Balaban J connectivity index is 2.15. The second-order valence-corrected chi connectivity index (χ2v) is 4.17. The highest BCUT2D eigenvalue weighted by Crippen LogP contribution is 2.29. The van der Waals surface area contributed by atoms with Gasteiger partial charge in [0.05, 0.1) is 12.7 Å². The van der Waals surface area contributed by atoms with E-state index in [-0.39, 0.29) is 5.92 Å². The normalized spacial score (nSPS) is 21.3. The molecule has 15 heavy (non-hydrogen) atoms. The lowest BCUT2D eigenvalue weighted by Crippen LogP contribution is -2.32. The molecule has 0 spiro atoms. The molecule has 1 N–H and O–H groups in total. The number of rotatable bonds is 2. The molecule has 0 amide bonds. The van der Waals surface area contributed by atoms with E-state index < -0.39 is 6.10 Å². The Kier molecular flexibility index (Phi) is 2.78. The molecule has 0 fully saturated rings. The van der Waals surface area contributed by atoms with Crippen LogP contribution in [0.3, 0.4) is 0 Å². The van der Waals surface area contributed by atoms with Crippen LogP contribution < -0.4 is 4.74 Å². The molecule has 2 unspecified atom stereocenters. The van der Waals surface area contributed by atoms with Gasteiger partial charge in [0, 0.05) is 5.92 Å². The average Bonchev–Trinajstić information content (AvgIpc) is 2.27. The van der Waals surface area contributed by atoms with Gasteiger partial charge < -0.3 is 9.84 Å². The van der Waals surface area contributed by atoms with Crippen molar-refractivity contribution in [2.75, 3.05) is 6.61 Å². The van der Waals surface area contributed by atoms with Gasteiger partial charge in [0.15, 0.2) is 0 Å². The summed E-state index contributed by atoms with van der Waals surface area (Å²) in [6, 6.07) is 7.98. The molecule has 2 rings (SSSR count). The second kappa shape index (κ2) is 4.07. The van der Waals surface area contributed by atoms with E-state index in [1.54, 1.807) is 0 Å². The zero-order chi connectivity index (χ0) is 10.8. The van der Waals surface area contributed by atoms with Crippen LogP contribution in [0.4, 0.5) is 0 Å². The first kappa shape index (κ1) is 10.2. The Morgan fingerprint density at radius 2 is 2.27 bits per heavy atom. The number of aliphatic hydroxyl groups excluding tert-OH is 1. The molecule has 1 aromatic carbocycles. The van der Waals surface area contributed by atoms with Crippen LogP contribution in [0.15, 0.2) is 36.4 Å². The van der Waals surface area contributed by atoms with Gasteiger partial charge in [-0.25, -0.2) is 0 Å². The van der Waals surface area contributed by atoms with Crippen molar-refractivity contribution in [3.63, 3.8) is 0 Å². The number of hydrogen-bond acceptors (Lipinski definition) is 2. The zero-order valence-electron chi connectivity index (χ0n) is 8.94. The molecule has 0 saturated heterocycles. The van der Waals surface area contributed by atoms with Crippen molar-refractivity contribution in [3.8, 4) is 5.75 Å². The molecule has 2 nitrogen and oxygen atoms in total. The fourth-order valence-corrected chi connectivity index (χ4v) is 1.96. The number of ether oxygens (including phenoxy) is 1. The van der Waals surface area contributed by atoms with Crippen molar-refractivity contribution in [2.45, 2.75) is 19.4 Å². The Labute approximate surface area is 90.2 Å². The van der Waals surface area contributed by atoms with Gasteiger partial charge in [-0.1, -0.05) is 30.4 Å². The number of benzene rings is 1. The molecule has 1 aliphatic heterocycles. The molecule has 1 aromatic rings. The van der Waals surface area contributed by atoms with Crippen LogP contribution in [0.1, 0.15) is 12.5 Å². The van der Waals surface area contributed by atoms with Gasteiger partial charge in [-0.05, 0) is 25.0 Å². The van der Waals surface area contributed by atoms with Crippen LogP contribution in [-0.4, -0.2) is 17.8 Å². The lowest BCUT2D eigenvalue weighted by Gasteiger charge is -2.28. The minimum Gasteiger partial charge on any atom is -0.493 e. The number of fused-ring (bicyclic) bond motifs is 1. The summed E-state index contributed by atoms with van der Waals surface area (Å²) in [5, 5.41) is 9.90. The minimum absolute atomic E-state index is 0.136. The third-order valence-electron chi connectivity index (χ3n) is 2.86. The Bertz CT molecular complexity index is 371. The van der Waals surface area contributed by atoms with Crippen LogP contribution in [0.2, 0.25) is 0 Å². The molecule has 1 aliphatic rings. The summed E-state index contributed by atoms with van der Waals surface area (Å²) in [6.07, 6.45) is 0.405. The van der Waals surface area contributed by atoms with E-state index in [9.17, 15) is 5.11 Å². The van der Waals surface area contributed by atoms with E-state index >= 15 is 0 Å². The molecule has 2 heteroatoms. The van der Waals surface area contributed by atoms with Crippen LogP contribution in [0.5, 0.6) is 5.75 Å². The molecule has 0 saturated carbocycles. The molecular formula is C13H16O2. The summed E-state index contributed by atoms with van der Waals surface area (Å²) < 4.78 is 5.61. The molecule has 1 heterocycles. The number of aliphatic hydroxyl groups is 1. The summed E-state index contributed by atoms with van der Waals surface area (Å²) in [7, 11) is 0. The van der Waals surface area contributed by atoms with Crippen LogP contribution in [-0.2, 0) is 6.42 Å². The standard InChI is InChI=1S/C13H16O2/c1-9(2)13(14)11-7-10-5-3-4-6-12(10)15-8-11/h3-6,11,13-14H,1,7-8H2,2H3. The smallest absolute Gasteiger partial charge is 0.122 e. The van der Waals surface area contributed by atoms with Crippen molar-refractivity contribution in [1.82, 2.24) is 0 Å². The average molecular weight is 204 g/mol. The summed E-state index contributed by atoms with van der Waals surface area (Å²) in [6.45, 7) is 6.21. The Hall–Kier alpha value is -1.28. The maximum absolute atomic E-state index is 9.90. The van der Waals surface area contributed by atoms with E-state index in [4.69, 9.17) is 4.74 Å². The third-order valence-corrected chi connectivity index (χ3v) is 2.86. The van der Waals surface area contributed by atoms with Gasteiger partial charge in [-0.3, -0.25) is 0 Å². The van der Waals surface area contributed by atoms with E-state index in [2.05, 4.69) is 6.58 Å². The topological polar surface area (TPSA) is 29.5 Å². The minimum atomic E-state index is -0.460. The van der Waals surface area contributed by atoms with Gasteiger partial charge in [0.2, 0.25) is 0 Å². The van der Waals surface area contributed by atoms with Crippen LogP contribution in [0.25, 0.3) is 0 Å². The Morgan fingerprint density at radius 3 is 3.00 bits per heavy atom. The van der Waals surface area contributed by atoms with Crippen molar-refractivity contribution in [3.05, 3.63) is 42.0 Å². The molecular weight excluding hydrogens is 188 g/mol. The van der Waals surface area contributed by atoms with Crippen molar-refractivity contribution in [1.29, 1.82) is 0 Å². The lowest BCUT2D eigenvalue weighted by atomic mass is 9.89. The lowest BCUT2D eigenvalue weighted by molar-refractivity contribution is 0.0902. The van der Waals surface area contributed by atoms with Gasteiger partial charge >= 0.3 is 0 Å². The van der Waals surface area contributed by atoms with E-state index in [1.807, 2.05) is 31.2 Å². The summed E-state index contributed by atoms with van der Waals surface area (Å²) in [5.74, 6) is 1.08. The second-order valence-electron chi connectivity index (χ2n) is 4.17. The highest BCUT2D eigenvalue weighted by molar-refractivity contribution is 5.35. The quantitative estimate of drug-likeness (QED) is 0.748. The highest BCUT2D eigenvalue weighted by Gasteiger charge is 2.26. The fraction of sp³-hybridized carbons (Fsp3) is 0.385. The van der Waals surface area contributed by atoms with Crippen molar-refractivity contribution in [2.24, 2.45) is 5.92 Å². The fourth-order valence-electron chi connectivity index (χ4n) is 1.96. The van der Waals surface area contributed by atoms with Gasteiger partial charge in [0.1, 0.15) is 5.75 Å². The summed E-state index contributed by atoms with van der Waals surface area (Å²) >= 11 is 0. The number of para-hydroxylation sites is 1. The SMILES string of the molecule is C=C(C)C(O)C1COc2ccccc2C1. The van der Waals surface area contributed by atoms with Crippen LogP contribution in [0, 0.1) is 5.92 Å². The van der Waals surface area contributed by atoms with Gasteiger partial charge in [-0.15, -0.1) is 0 Å². The first-order chi connectivity index (χ1) is 7.18. The molecule has 0 radical (unpaired) electrons. The van der Waals surface area contributed by atoms with Gasteiger partial charge in [-0.2, -0.15) is 0 Å². The summed E-state index contributed by atoms with van der Waals surface area (Å²) in [4.78, 5) is 0. The maximum Gasteiger partial charge on any atom is 0.122 e. The molecule has 0 bridgehead atoms. The maximum atomic E-state index is 9.90. The summed E-state index contributed by atoms with van der Waals surface area (Å²) in [5.41, 5.74) is 1.98. The largest absolute Gasteiger partial charge is 0.493 e. The third kappa shape index (κ3) is 2.05. The predicted molar refractivity (Wildman–Crippen MR) is 60.0 cm³/mol. The molecule has 0 aliphatic carbocycles. The van der Waals surface area contributed by atoms with Crippen molar-refractivity contribution >= 4 is 0 Å². The first-order valence-corrected chi connectivity index (χ1v) is 5.22.